The number of nitrogens with zero attached hydrogens (tertiary/aromatic N) is 1. The van der Waals surface area contributed by atoms with Gasteiger partial charge in [0.2, 0.25) is 5.91 Å². The van der Waals surface area contributed by atoms with Crippen LogP contribution in [0.4, 0.5) is 0 Å². The largest absolute Gasteiger partial charge is 0.484 e. The maximum atomic E-state index is 13.6. The number of benzene rings is 4. The fourth-order valence-corrected chi connectivity index (χ4v) is 4.30. The monoisotopic (exact) mass is 526 g/mol. The van der Waals surface area contributed by atoms with Crippen LogP contribution >= 0.6 is 11.6 Å². The number of nitrogens with one attached hydrogen (secondary N) is 1. The average molecular weight is 527 g/mol. The van der Waals surface area contributed by atoms with Crippen molar-refractivity contribution in [3.63, 3.8) is 0 Å². The van der Waals surface area contributed by atoms with E-state index in [0.29, 0.717) is 30.2 Å². The molecule has 38 heavy (non-hydrogen) atoms. The van der Waals surface area contributed by atoms with Gasteiger partial charge in [-0.25, -0.2) is 0 Å². The first-order chi connectivity index (χ1) is 18.6. The van der Waals surface area contributed by atoms with Crippen LogP contribution in [0.1, 0.15) is 16.7 Å². The highest BCUT2D eigenvalue weighted by atomic mass is 35.5. The third kappa shape index (κ3) is 8.22. The Kier molecular flexibility index (Phi) is 9.94. The summed E-state index contributed by atoms with van der Waals surface area (Å²) in [6.07, 6.45) is 1.08. The van der Waals surface area contributed by atoms with Crippen LogP contribution < -0.4 is 10.1 Å². The summed E-state index contributed by atoms with van der Waals surface area (Å²) < 4.78 is 5.78. The van der Waals surface area contributed by atoms with Gasteiger partial charge in [0.1, 0.15) is 11.8 Å². The van der Waals surface area contributed by atoms with Crippen LogP contribution in [0.25, 0.3) is 0 Å². The predicted molar refractivity (Wildman–Crippen MR) is 151 cm³/mol. The molecule has 6 heteroatoms. The second kappa shape index (κ2) is 14.0. The van der Waals surface area contributed by atoms with Crippen LogP contribution in [0.2, 0.25) is 5.02 Å². The van der Waals surface area contributed by atoms with E-state index in [-0.39, 0.29) is 25.0 Å². The highest BCUT2D eigenvalue weighted by Crippen LogP contribution is 2.18. The van der Waals surface area contributed by atoms with Crippen LogP contribution in [-0.2, 0) is 29.0 Å². The molecule has 0 spiro atoms. The molecule has 0 aliphatic rings. The smallest absolute Gasteiger partial charge is 0.261 e. The zero-order chi connectivity index (χ0) is 26.6. The molecule has 2 amide bonds. The topological polar surface area (TPSA) is 58.6 Å². The summed E-state index contributed by atoms with van der Waals surface area (Å²) in [5, 5.41) is 3.67. The summed E-state index contributed by atoms with van der Waals surface area (Å²) >= 11 is 6.09. The molecule has 0 aliphatic carbocycles. The van der Waals surface area contributed by atoms with E-state index < -0.39 is 6.04 Å². The van der Waals surface area contributed by atoms with Crippen LogP contribution in [0.5, 0.6) is 5.75 Å². The second-order valence-electron chi connectivity index (χ2n) is 8.98. The van der Waals surface area contributed by atoms with E-state index in [2.05, 4.69) is 5.32 Å². The normalized spacial score (nSPS) is 11.4. The number of carbonyl (C=O) groups excluding carboxylic acids is 2. The van der Waals surface area contributed by atoms with Crippen LogP contribution in [0.3, 0.4) is 0 Å². The molecule has 0 bridgehead atoms. The molecule has 0 fully saturated rings. The van der Waals surface area contributed by atoms with Gasteiger partial charge in [-0.15, -0.1) is 0 Å². The Labute approximate surface area is 229 Å². The average Bonchev–Trinajstić information content (AvgIpc) is 2.96. The Morgan fingerprint density at radius 2 is 1.32 bits per heavy atom. The molecule has 1 unspecified atom stereocenters. The van der Waals surface area contributed by atoms with Gasteiger partial charge in [0.05, 0.1) is 0 Å². The van der Waals surface area contributed by atoms with Gasteiger partial charge >= 0.3 is 0 Å². The zero-order valence-electron chi connectivity index (χ0n) is 21.1. The van der Waals surface area contributed by atoms with Crippen molar-refractivity contribution in [3.05, 3.63) is 137 Å². The fourth-order valence-electron chi connectivity index (χ4n) is 4.18. The number of para-hydroxylation sites is 1. The van der Waals surface area contributed by atoms with Crippen molar-refractivity contribution in [2.24, 2.45) is 0 Å². The molecule has 0 heterocycles. The molecular formula is C32H31ClN2O3. The van der Waals surface area contributed by atoms with Crippen LogP contribution in [-0.4, -0.2) is 35.9 Å². The van der Waals surface area contributed by atoms with Crippen molar-refractivity contribution >= 4 is 23.4 Å². The molecule has 0 radical (unpaired) electrons. The fraction of sp³-hybridized carbons (Fsp3) is 0.188. The van der Waals surface area contributed by atoms with Gasteiger partial charge < -0.3 is 15.0 Å². The predicted octanol–water partition coefficient (Wildman–Crippen LogP) is 5.72. The molecule has 0 aromatic heterocycles. The van der Waals surface area contributed by atoms with Gasteiger partial charge in [-0.05, 0) is 47.4 Å². The van der Waals surface area contributed by atoms with E-state index in [0.717, 1.165) is 16.7 Å². The van der Waals surface area contributed by atoms with E-state index in [1.807, 2.05) is 91.0 Å². The number of hydrogen-bond donors (Lipinski definition) is 1. The molecule has 4 aromatic rings. The zero-order valence-corrected chi connectivity index (χ0v) is 21.9. The van der Waals surface area contributed by atoms with E-state index in [4.69, 9.17) is 16.3 Å². The Morgan fingerprint density at radius 3 is 1.95 bits per heavy atom. The van der Waals surface area contributed by atoms with E-state index in [1.54, 1.807) is 29.2 Å². The van der Waals surface area contributed by atoms with Gasteiger partial charge in [0.25, 0.3) is 5.91 Å². The molecule has 1 N–H and O–H groups in total. The third-order valence-corrected chi connectivity index (χ3v) is 6.45. The lowest BCUT2D eigenvalue weighted by molar-refractivity contribution is -0.142. The highest BCUT2D eigenvalue weighted by Gasteiger charge is 2.30. The molecule has 4 rings (SSSR count). The van der Waals surface area contributed by atoms with Gasteiger partial charge in [0.15, 0.2) is 6.61 Å². The first-order valence-corrected chi connectivity index (χ1v) is 13.0. The minimum atomic E-state index is -0.726. The van der Waals surface area contributed by atoms with Crippen molar-refractivity contribution in [3.8, 4) is 5.75 Å². The molecule has 0 saturated heterocycles. The van der Waals surface area contributed by atoms with Gasteiger partial charge in [-0.2, -0.15) is 0 Å². The standard InChI is InChI=1S/C32H31ClN2O3/c33-28-18-16-27(17-19-28)23-35(31(36)24-38-29-14-8-3-9-15-29)30(22-26-12-6-2-7-13-26)32(37)34-21-20-25-10-4-1-5-11-25/h1-19,30H,20-24H2,(H,34,37). The van der Waals surface area contributed by atoms with E-state index in [9.17, 15) is 9.59 Å². The van der Waals surface area contributed by atoms with E-state index >= 15 is 0 Å². The Hall–Kier alpha value is -4.09. The summed E-state index contributed by atoms with van der Waals surface area (Å²) in [6, 6.07) is 35.5. The summed E-state index contributed by atoms with van der Waals surface area (Å²) in [7, 11) is 0. The highest BCUT2D eigenvalue weighted by molar-refractivity contribution is 6.30. The third-order valence-electron chi connectivity index (χ3n) is 6.20. The Balaban J connectivity index is 1.56. The van der Waals surface area contributed by atoms with Crippen molar-refractivity contribution in [2.45, 2.75) is 25.4 Å². The van der Waals surface area contributed by atoms with Crippen molar-refractivity contribution in [1.29, 1.82) is 0 Å². The van der Waals surface area contributed by atoms with Gasteiger partial charge in [-0.1, -0.05) is 103 Å². The summed E-state index contributed by atoms with van der Waals surface area (Å²) in [6.45, 7) is 0.537. The molecule has 0 saturated carbocycles. The molecular weight excluding hydrogens is 496 g/mol. The lowest BCUT2D eigenvalue weighted by Crippen LogP contribution is -2.52. The first kappa shape index (κ1) is 27.0. The summed E-state index contributed by atoms with van der Waals surface area (Å²) in [4.78, 5) is 28.9. The first-order valence-electron chi connectivity index (χ1n) is 12.7. The SMILES string of the molecule is O=C(NCCc1ccccc1)C(Cc1ccccc1)N(Cc1ccc(Cl)cc1)C(=O)COc1ccccc1. The number of hydrogen-bond acceptors (Lipinski definition) is 3. The van der Waals surface area contributed by atoms with Crippen molar-refractivity contribution < 1.29 is 14.3 Å². The number of amides is 2. The molecule has 5 nitrogen and oxygen atoms in total. The maximum absolute atomic E-state index is 13.6. The number of ether oxygens (including phenoxy) is 1. The number of halogens is 1. The summed E-state index contributed by atoms with van der Waals surface area (Å²) in [5.74, 6) is 0.119. The van der Waals surface area contributed by atoms with Gasteiger partial charge in [0, 0.05) is 24.5 Å². The molecule has 194 valence electrons. The van der Waals surface area contributed by atoms with Crippen LogP contribution in [0, 0.1) is 0 Å². The lowest BCUT2D eigenvalue weighted by atomic mass is 10.0. The minimum Gasteiger partial charge on any atom is -0.484 e. The van der Waals surface area contributed by atoms with Crippen molar-refractivity contribution in [2.75, 3.05) is 13.2 Å². The maximum Gasteiger partial charge on any atom is 0.261 e. The van der Waals surface area contributed by atoms with E-state index in [1.165, 1.54) is 0 Å². The summed E-state index contributed by atoms with van der Waals surface area (Å²) in [5.41, 5.74) is 2.98. The second-order valence-corrected chi connectivity index (χ2v) is 9.42. The van der Waals surface area contributed by atoms with Crippen molar-refractivity contribution in [1.82, 2.24) is 10.2 Å². The number of carbonyl (C=O) groups is 2. The number of rotatable bonds is 12. The van der Waals surface area contributed by atoms with Crippen LogP contribution in [0.15, 0.2) is 115 Å². The molecule has 4 aromatic carbocycles. The Bertz CT molecular complexity index is 1280. The lowest BCUT2D eigenvalue weighted by Gasteiger charge is -2.31. The Morgan fingerprint density at radius 1 is 0.737 bits per heavy atom. The molecule has 1 atom stereocenters. The minimum absolute atomic E-state index is 0.180. The quantitative estimate of drug-likeness (QED) is 0.257. The van der Waals surface area contributed by atoms with Gasteiger partial charge in [-0.3, -0.25) is 9.59 Å². The molecule has 0 aliphatic heterocycles.